The third kappa shape index (κ3) is 6.03. The van der Waals surface area contributed by atoms with E-state index in [1.165, 1.54) is 48.5 Å². The molecule has 2 aromatic carbocycles. The molecule has 0 radical (unpaired) electrons. The first-order valence-corrected chi connectivity index (χ1v) is 9.99. The van der Waals surface area contributed by atoms with E-state index in [4.69, 9.17) is 4.74 Å². The van der Waals surface area contributed by atoms with Crippen LogP contribution in [0.2, 0.25) is 0 Å². The average Bonchev–Trinajstić information content (AvgIpc) is 2.66. The lowest BCUT2D eigenvalue weighted by Gasteiger charge is -2.12. The normalized spacial score (nSPS) is 12.2. The van der Waals surface area contributed by atoms with E-state index >= 15 is 0 Å². The molecule has 0 spiro atoms. The van der Waals surface area contributed by atoms with Crippen LogP contribution in [0.1, 0.15) is 20.3 Å². The van der Waals surface area contributed by atoms with Gasteiger partial charge in [-0.25, -0.2) is 13.1 Å². The van der Waals surface area contributed by atoms with Crippen LogP contribution in [0.15, 0.2) is 53.4 Å². The molecule has 1 amide bonds. The van der Waals surface area contributed by atoms with Crippen molar-refractivity contribution in [3.05, 3.63) is 58.6 Å². The van der Waals surface area contributed by atoms with Crippen LogP contribution in [-0.2, 0) is 14.8 Å². The summed E-state index contributed by atoms with van der Waals surface area (Å²) >= 11 is 0. The summed E-state index contributed by atoms with van der Waals surface area (Å²) in [6, 6.07) is 11.0. The van der Waals surface area contributed by atoms with Gasteiger partial charge in [-0.1, -0.05) is 13.0 Å². The Labute approximate surface area is 162 Å². The predicted molar refractivity (Wildman–Crippen MR) is 104 cm³/mol. The molecule has 10 heteroatoms. The van der Waals surface area contributed by atoms with Crippen LogP contribution in [0.25, 0.3) is 0 Å². The number of amides is 1. The van der Waals surface area contributed by atoms with E-state index in [1.54, 1.807) is 6.92 Å². The number of benzene rings is 2. The molecule has 9 nitrogen and oxygen atoms in total. The Balaban J connectivity index is 1.93. The minimum atomic E-state index is -3.61. The zero-order chi connectivity index (χ0) is 20.7. The van der Waals surface area contributed by atoms with Crippen molar-refractivity contribution in [2.24, 2.45) is 0 Å². The number of hydrogen-bond acceptors (Lipinski definition) is 6. The summed E-state index contributed by atoms with van der Waals surface area (Å²) in [5.74, 6) is -0.188. The lowest BCUT2D eigenvalue weighted by atomic mass is 10.3. The van der Waals surface area contributed by atoms with Crippen molar-refractivity contribution in [2.45, 2.75) is 31.2 Å². The second-order valence-electron chi connectivity index (χ2n) is 6.05. The van der Waals surface area contributed by atoms with Gasteiger partial charge in [-0.05, 0) is 43.7 Å². The number of carbonyl (C=O) groups is 1. The molecular formula is C18H21N3O6S. The van der Waals surface area contributed by atoms with E-state index in [0.29, 0.717) is 12.2 Å². The Morgan fingerprint density at radius 2 is 1.89 bits per heavy atom. The Bertz CT molecular complexity index is 944. The Morgan fingerprint density at radius 3 is 2.50 bits per heavy atom. The highest BCUT2D eigenvalue weighted by Gasteiger charge is 2.16. The Hall–Kier alpha value is -2.98. The van der Waals surface area contributed by atoms with Crippen molar-refractivity contribution in [1.29, 1.82) is 0 Å². The van der Waals surface area contributed by atoms with Gasteiger partial charge in [0.1, 0.15) is 5.75 Å². The summed E-state index contributed by atoms with van der Waals surface area (Å²) in [6.07, 6.45) is 0.667. The van der Waals surface area contributed by atoms with Crippen LogP contribution in [0.3, 0.4) is 0 Å². The van der Waals surface area contributed by atoms with Crippen molar-refractivity contribution in [2.75, 3.05) is 11.9 Å². The number of non-ortho nitro benzene ring substituents is 1. The topological polar surface area (TPSA) is 128 Å². The molecule has 0 aliphatic heterocycles. The molecule has 150 valence electrons. The quantitative estimate of drug-likeness (QED) is 0.486. The van der Waals surface area contributed by atoms with E-state index in [-0.39, 0.29) is 28.9 Å². The zero-order valence-corrected chi connectivity index (χ0v) is 16.2. The van der Waals surface area contributed by atoms with Crippen molar-refractivity contribution in [1.82, 2.24) is 4.72 Å². The van der Waals surface area contributed by atoms with Crippen LogP contribution < -0.4 is 14.8 Å². The van der Waals surface area contributed by atoms with Crippen molar-refractivity contribution < 1.29 is 22.9 Å². The summed E-state index contributed by atoms with van der Waals surface area (Å²) in [4.78, 5) is 22.2. The molecule has 0 heterocycles. The molecule has 0 fully saturated rings. The van der Waals surface area contributed by atoms with Gasteiger partial charge in [0.05, 0.1) is 9.82 Å². The number of carbonyl (C=O) groups excluding carboxylic acids is 1. The first-order chi connectivity index (χ1) is 13.2. The molecule has 0 aliphatic rings. The van der Waals surface area contributed by atoms with Gasteiger partial charge in [-0.15, -0.1) is 0 Å². The summed E-state index contributed by atoms with van der Waals surface area (Å²) in [7, 11) is -3.61. The van der Waals surface area contributed by atoms with Crippen molar-refractivity contribution in [3.63, 3.8) is 0 Å². The highest BCUT2D eigenvalue weighted by atomic mass is 32.2. The largest absolute Gasteiger partial charge is 0.484 e. The SMILES string of the molecule is CC[C@@H](C)NS(=O)(=O)c1ccc(OCC(=O)Nc2cccc([N+](=O)[O-])c2)cc1. The van der Waals surface area contributed by atoms with Crippen LogP contribution in [0.4, 0.5) is 11.4 Å². The van der Waals surface area contributed by atoms with E-state index < -0.39 is 20.9 Å². The molecule has 2 aromatic rings. The van der Waals surface area contributed by atoms with E-state index in [0.717, 1.165) is 0 Å². The average molecular weight is 407 g/mol. The molecule has 0 unspecified atom stereocenters. The lowest BCUT2D eigenvalue weighted by Crippen LogP contribution is -2.31. The van der Waals surface area contributed by atoms with Gasteiger partial charge in [-0.2, -0.15) is 0 Å². The van der Waals surface area contributed by atoms with Crippen LogP contribution >= 0.6 is 0 Å². The summed E-state index contributed by atoms with van der Waals surface area (Å²) in [5, 5.41) is 13.2. The van der Waals surface area contributed by atoms with E-state index in [9.17, 15) is 23.3 Å². The smallest absolute Gasteiger partial charge is 0.271 e. The molecule has 28 heavy (non-hydrogen) atoms. The number of sulfonamides is 1. The second kappa shape index (κ2) is 9.29. The highest BCUT2D eigenvalue weighted by Crippen LogP contribution is 2.18. The fourth-order valence-electron chi connectivity index (χ4n) is 2.17. The number of nitrogens with one attached hydrogen (secondary N) is 2. The Kier molecular flexibility index (Phi) is 7.07. The maximum Gasteiger partial charge on any atom is 0.271 e. The molecule has 0 saturated heterocycles. The predicted octanol–water partition coefficient (Wildman–Crippen LogP) is 2.69. The number of ether oxygens (including phenoxy) is 1. The summed E-state index contributed by atoms with van der Waals surface area (Å²) in [6.45, 7) is 3.32. The first kappa shape index (κ1) is 21.3. The van der Waals surface area contributed by atoms with Gasteiger partial charge < -0.3 is 10.1 Å². The van der Waals surface area contributed by atoms with Crippen LogP contribution in [0, 0.1) is 10.1 Å². The third-order valence-corrected chi connectivity index (χ3v) is 5.42. The molecule has 2 rings (SSSR count). The maximum atomic E-state index is 12.2. The van der Waals surface area contributed by atoms with Gasteiger partial charge >= 0.3 is 0 Å². The molecule has 0 aliphatic carbocycles. The van der Waals surface area contributed by atoms with Crippen molar-refractivity contribution in [3.8, 4) is 5.75 Å². The molecule has 0 saturated carbocycles. The number of rotatable bonds is 9. The van der Waals surface area contributed by atoms with Gasteiger partial charge in [0.15, 0.2) is 6.61 Å². The minimum absolute atomic E-state index is 0.0983. The Morgan fingerprint density at radius 1 is 1.21 bits per heavy atom. The maximum absolute atomic E-state index is 12.2. The number of anilines is 1. The van der Waals surface area contributed by atoms with E-state index in [1.807, 2.05) is 6.92 Å². The third-order valence-electron chi connectivity index (χ3n) is 3.81. The van der Waals surface area contributed by atoms with Gasteiger partial charge in [0.2, 0.25) is 10.0 Å². The van der Waals surface area contributed by atoms with Gasteiger partial charge in [0.25, 0.3) is 11.6 Å². The first-order valence-electron chi connectivity index (χ1n) is 8.50. The fraction of sp³-hybridized carbons (Fsp3) is 0.278. The van der Waals surface area contributed by atoms with Crippen LogP contribution in [-0.4, -0.2) is 31.9 Å². The zero-order valence-electron chi connectivity index (χ0n) is 15.4. The van der Waals surface area contributed by atoms with Crippen LogP contribution in [0.5, 0.6) is 5.75 Å². The summed E-state index contributed by atoms with van der Waals surface area (Å²) < 4.78 is 32.3. The minimum Gasteiger partial charge on any atom is -0.484 e. The summed E-state index contributed by atoms with van der Waals surface area (Å²) in [5.41, 5.74) is 0.141. The molecular weight excluding hydrogens is 386 g/mol. The second-order valence-corrected chi connectivity index (χ2v) is 7.76. The standard InChI is InChI=1S/C18H21N3O6S/c1-3-13(2)20-28(25,26)17-9-7-16(8-10-17)27-12-18(22)19-14-5-4-6-15(11-14)21(23)24/h4-11,13,20H,3,12H2,1-2H3,(H,19,22)/t13-/m1/s1. The van der Waals surface area contributed by atoms with Gasteiger partial charge in [-0.3, -0.25) is 14.9 Å². The van der Waals surface area contributed by atoms with E-state index in [2.05, 4.69) is 10.0 Å². The number of hydrogen-bond donors (Lipinski definition) is 2. The lowest BCUT2D eigenvalue weighted by molar-refractivity contribution is -0.384. The fourth-order valence-corrected chi connectivity index (χ4v) is 3.50. The van der Waals surface area contributed by atoms with Crippen molar-refractivity contribution >= 4 is 27.3 Å². The van der Waals surface area contributed by atoms with Gasteiger partial charge in [0, 0.05) is 23.9 Å². The number of nitrogens with zero attached hydrogens (tertiary/aromatic N) is 1. The monoisotopic (exact) mass is 407 g/mol. The molecule has 2 N–H and O–H groups in total. The molecule has 0 aromatic heterocycles. The number of nitro benzene ring substituents is 1. The molecule has 0 bridgehead atoms. The number of nitro groups is 1. The molecule has 1 atom stereocenters. The highest BCUT2D eigenvalue weighted by molar-refractivity contribution is 7.89.